The van der Waals surface area contributed by atoms with Gasteiger partial charge in [-0.15, -0.1) is 0 Å². The van der Waals surface area contributed by atoms with Gasteiger partial charge in [0.2, 0.25) is 0 Å². The first-order chi connectivity index (χ1) is 14.8. The van der Waals surface area contributed by atoms with Gasteiger partial charge >= 0.3 is 0 Å². The number of ether oxygens (including phenoxy) is 2. The Hall–Kier alpha value is -2.81. The van der Waals surface area contributed by atoms with Gasteiger partial charge in [-0.25, -0.2) is 0 Å². The van der Waals surface area contributed by atoms with Crippen LogP contribution in [0.4, 0.5) is 0 Å². The van der Waals surface area contributed by atoms with Gasteiger partial charge in [0.05, 0.1) is 6.61 Å². The predicted molar refractivity (Wildman–Crippen MR) is 122 cm³/mol. The van der Waals surface area contributed by atoms with Crippen LogP contribution in [0.25, 0.3) is 0 Å². The molecule has 0 amide bonds. The summed E-state index contributed by atoms with van der Waals surface area (Å²) in [5.41, 5.74) is 0.610. The van der Waals surface area contributed by atoms with Crippen LogP contribution in [0.3, 0.4) is 0 Å². The number of benzene rings is 1. The van der Waals surface area contributed by atoms with E-state index in [0.717, 1.165) is 24.4 Å². The van der Waals surface area contributed by atoms with E-state index in [1.165, 1.54) is 51.4 Å². The van der Waals surface area contributed by atoms with Crippen LogP contribution < -0.4 is 9.47 Å². The van der Waals surface area contributed by atoms with Crippen molar-refractivity contribution < 1.29 is 14.3 Å². The summed E-state index contributed by atoms with van der Waals surface area (Å²) < 4.78 is 12.1. The summed E-state index contributed by atoms with van der Waals surface area (Å²) in [5.74, 6) is 3.01. The van der Waals surface area contributed by atoms with E-state index in [-0.39, 0.29) is 0 Å². The maximum absolute atomic E-state index is 11.0. The standard InChI is InChI=1S/C27H32O3/c28-21-23-11-8-5-9-15-26(16-10-14-23)30-27-19-17-25(18-20-27)29-22-24-12-6-3-1-2-4-7-13-24/h5,8-11,14-21,24H,1-4,6-7,12-13,22H2. The SMILES string of the molecule is O=Cc1cccccc(Oc2ccc(OCC3CCCCCCCC3)cc2)ccc1. The van der Waals surface area contributed by atoms with E-state index in [4.69, 9.17) is 9.47 Å². The number of aldehydes is 1. The van der Waals surface area contributed by atoms with Gasteiger partial charge in [0.1, 0.15) is 23.5 Å². The molecular weight excluding hydrogens is 372 g/mol. The average molecular weight is 405 g/mol. The second-order valence-electron chi connectivity index (χ2n) is 7.91. The molecule has 0 heterocycles. The van der Waals surface area contributed by atoms with Crippen molar-refractivity contribution in [3.8, 4) is 17.2 Å². The third kappa shape index (κ3) is 7.90. The summed E-state index contributed by atoms with van der Waals surface area (Å²) in [6.07, 6.45) is 11.6. The van der Waals surface area contributed by atoms with Crippen molar-refractivity contribution in [2.24, 2.45) is 5.92 Å². The van der Waals surface area contributed by atoms with E-state index in [1.54, 1.807) is 12.1 Å². The lowest BCUT2D eigenvalue weighted by molar-refractivity contribution is 0.112. The molecule has 0 aliphatic heterocycles. The lowest BCUT2D eigenvalue weighted by Gasteiger charge is -2.17. The minimum atomic E-state index is 0.610. The molecule has 0 bridgehead atoms. The van der Waals surface area contributed by atoms with E-state index >= 15 is 0 Å². The van der Waals surface area contributed by atoms with Crippen molar-refractivity contribution in [1.29, 1.82) is 0 Å². The topological polar surface area (TPSA) is 35.5 Å². The molecule has 30 heavy (non-hydrogen) atoms. The van der Waals surface area contributed by atoms with Gasteiger partial charge in [-0.2, -0.15) is 0 Å². The number of carbonyl (C=O) groups excluding carboxylic acids is 1. The molecule has 1 aliphatic rings. The first kappa shape index (κ1) is 21.9. The summed E-state index contributed by atoms with van der Waals surface area (Å²) in [7, 11) is 0. The average Bonchev–Trinajstić information content (AvgIpc) is 2.91. The lowest BCUT2D eigenvalue weighted by Crippen LogP contribution is -2.12. The molecule has 0 atom stereocenters. The van der Waals surface area contributed by atoms with Crippen LogP contribution in [0.1, 0.15) is 61.7 Å². The van der Waals surface area contributed by atoms with Gasteiger partial charge in [-0.05, 0) is 55.2 Å². The Morgan fingerprint density at radius 3 is 1.97 bits per heavy atom. The van der Waals surface area contributed by atoms with Crippen molar-refractivity contribution >= 4 is 6.29 Å². The van der Waals surface area contributed by atoms with Gasteiger partial charge in [0.25, 0.3) is 0 Å². The maximum Gasteiger partial charge on any atom is 0.150 e. The van der Waals surface area contributed by atoms with Crippen LogP contribution in [-0.2, 0) is 0 Å². The van der Waals surface area contributed by atoms with Gasteiger partial charge in [0.15, 0.2) is 0 Å². The Morgan fingerprint density at radius 2 is 1.23 bits per heavy atom. The second-order valence-corrected chi connectivity index (χ2v) is 7.91. The molecular formula is C27H32O3. The summed E-state index contributed by atoms with van der Waals surface area (Å²) in [5, 5.41) is 0. The van der Waals surface area contributed by atoms with Gasteiger partial charge in [0, 0.05) is 5.56 Å². The fraction of sp³-hybridized carbons (Fsp3) is 0.370. The smallest absolute Gasteiger partial charge is 0.150 e. The van der Waals surface area contributed by atoms with E-state index in [0.29, 0.717) is 17.2 Å². The molecule has 0 N–H and O–H groups in total. The fourth-order valence-corrected chi connectivity index (χ4v) is 3.73. The first-order valence-electron chi connectivity index (χ1n) is 11.1. The summed E-state index contributed by atoms with van der Waals surface area (Å²) in [6.45, 7) is 0.803. The largest absolute Gasteiger partial charge is 0.493 e. The van der Waals surface area contributed by atoms with Crippen LogP contribution in [0.2, 0.25) is 0 Å². The minimum absolute atomic E-state index is 0.610. The van der Waals surface area contributed by atoms with E-state index < -0.39 is 0 Å². The van der Waals surface area contributed by atoms with Crippen LogP contribution in [0.15, 0.2) is 72.8 Å². The summed E-state index contributed by atoms with van der Waals surface area (Å²) >= 11 is 0. The molecule has 0 spiro atoms. The van der Waals surface area contributed by atoms with Gasteiger partial charge in [-0.1, -0.05) is 74.9 Å². The Kier molecular flexibility index (Phi) is 9.26. The Labute approximate surface area is 180 Å². The second kappa shape index (κ2) is 12.7. The van der Waals surface area contributed by atoms with E-state index in [1.807, 2.05) is 60.7 Å². The van der Waals surface area contributed by atoms with Crippen LogP contribution in [0, 0.1) is 5.92 Å². The predicted octanol–water partition coefficient (Wildman–Crippen LogP) is 7.55. The number of carbonyl (C=O) groups is 1. The van der Waals surface area contributed by atoms with Crippen molar-refractivity contribution in [3.05, 3.63) is 78.4 Å². The molecule has 0 aromatic heterocycles. The zero-order valence-electron chi connectivity index (χ0n) is 17.7. The van der Waals surface area contributed by atoms with Gasteiger partial charge < -0.3 is 9.47 Å². The Morgan fingerprint density at radius 1 is 0.667 bits per heavy atom. The zero-order chi connectivity index (χ0) is 20.9. The minimum Gasteiger partial charge on any atom is -0.493 e. The maximum atomic E-state index is 11.0. The molecule has 1 aliphatic carbocycles. The molecule has 1 saturated carbocycles. The van der Waals surface area contributed by atoms with Crippen molar-refractivity contribution in [2.75, 3.05) is 6.61 Å². The highest BCUT2D eigenvalue weighted by atomic mass is 16.5. The molecule has 1 fully saturated rings. The Balaban J connectivity index is 1.58. The monoisotopic (exact) mass is 404 g/mol. The van der Waals surface area contributed by atoms with E-state index in [9.17, 15) is 4.79 Å². The third-order valence-electron chi connectivity index (χ3n) is 5.48. The normalized spacial score (nSPS) is 15.1. The first-order valence-corrected chi connectivity index (χ1v) is 11.1. The van der Waals surface area contributed by atoms with Crippen LogP contribution in [0.5, 0.6) is 17.2 Å². The fourth-order valence-electron chi connectivity index (χ4n) is 3.73. The number of rotatable bonds is 6. The molecule has 2 aromatic carbocycles. The highest BCUT2D eigenvalue weighted by Gasteiger charge is 2.11. The summed E-state index contributed by atoms with van der Waals surface area (Å²) in [4.78, 5) is 11.0. The van der Waals surface area contributed by atoms with Crippen LogP contribution in [-0.4, -0.2) is 12.9 Å². The number of hydrogen-bond donors (Lipinski definition) is 0. The van der Waals surface area contributed by atoms with Crippen molar-refractivity contribution in [3.63, 3.8) is 0 Å². The van der Waals surface area contributed by atoms with Crippen LogP contribution >= 0.6 is 0 Å². The highest BCUT2D eigenvalue weighted by Crippen LogP contribution is 2.25. The van der Waals surface area contributed by atoms with E-state index in [2.05, 4.69) is 0 Å². The number of hydrogen-bond acceptors (Lipinski definition) is 3. The molecule has 158 valence electrons. The summed E-state index contributed by atoms with van der Waals surface area (Å²) in [6, 6.07) is 22.5. The zero-order valence-corrected chi connectivity index (χ0v) is 17.7. The molecule has 0 saturated heterocycles. The van der Waals surface area contributed by atoms with Gasteiger partial charge in [-0.3, -0.25) is 4.79 Å². The Bertz CT molecular complexity index is 817. The molecule has 3 nitrogen and oxygen atoms in total. The third-order valence-corrected chi connectivity index (χ3v) is 5.48. The molecule has 2 aromatic rings. The van der Waals surface area contributed by atoms with Crippen molar-refractivity contribution in [1.82, 2.24) is 0 Å². The highest BCUT2D eigenvalue weighted by molar-refractivity contribution is 5.73. The quantitative estimate of drug-likeness (QED) is 0.466. The molecule has 0 unspecified atom stereocenters. The van der Waals surface area contributed by atoms with Crippen molar-refractivity contribution in [2.45, 2.75) is 51.4 Å². The molecule has 3 heteroatoms. The molecule has 0 radical (unpaired) electrons. The molecule has 3 rings (SSSR count). The lowest BCUT2D eigenvalue weighted by atomic mass is 9.98.